The van der Waals surface area contributed by atoms with E-state index >= 15 is 0 Å². The molecule has 4 heteroatoms. The van der Waals surface area contributed by atoms with Gasteiger partial charge in [-0.05, 0) is 31.9 Å². The van der Waals surface area contributed by atoms with Crippen molar-refractivity contribution in [1.82, 2.24) is 10.2 Å². The summed E-state index contributed by atoms with van der Waals surface area (Å²) in [5, 5.41) is 3.17. The third-order valence-electron chi connectivity index (χ3n) is 5.79. The van der Waals surface area contributed by atoms with Crippen LogP contribution in [0.25, 0.3) is 0 Å². The summed E-state index contributed by atoms with van der Waals surface area (Å²) in [7, 11) is 0. The highest BCUT2D eigenvalue weighted by atomic mass is 16.2. The number of amides is 1. The van der Waals surface area contributed by atoms with E-state index in [4.69, 9.17) is 4.99 Å². The van der Waals surface area contributed by atoms with Crippen LogP contribution >= 0.6 is 0 Å². The second-order valence-corrected chi connectivity index (χ2v) is 8.02. The summed E-state index contributed by atoms with van der Waals surface area (Å²) in [4.78, 5) is 19.9. The second-order valence-electron chi connectivity index (χ2n) is 8.02. The molecule has 0 bridgehead atoms. The minimum atomic E-state index is -0.421. The highest BCUT2D eigenvalue weighted by Crippen LogP contribution is 2.30. The Labute approximate surface area is 161 Å². The van der Waals surface area contributed by atoms with Crippen molar-refractivity contribution in [2.75, 3.05) is 13.1 Å². The minimum Gasteiger partial charge on any atom is -0.326 e. The Morgan fingerprint density at radius 3 is 2.33 bits per heavy atom. The Balaban J connectivity index is 1.45. The number of nitrogens with zero attached hydrogens (tertiary/aromatic N) is 2. The molecule has 1 spiro atoms. The maximum Gasteiger partial charge on any atom is 0.272 e. The van der Waals surface area contributed by atoms with E-state index in [1.165, 1.54) is 22.3 Å². The van der Waals surface area contributed by atoms with Gasteiger partial charge in [-0.1, -0.05) is 53.6 Å². The Hall–Kier alpha value is -2.46. The molecule has 2 aromatic carbocycles. The zero-order valence-electron chi connectivity index (χ0n) is 16.4. The van der Waals surface area contributed by atoms with E-state index in [-0.39, 0.29) is 5.91 Å². The maximum atomic E-state index is 12.5. The number of hydrogen-bond donors (Lipinski definition) is 1. The van der Waals surface area contributed by atoms with Crippen LogP contribution in [0.4, 0.5) is 0 Å². The van der Waals surface area contributed by atoms with E-state index in [1.807, 2.05) is 31.2 Å². The fourth-order valence-corrected chi connectivity index (χ4v) is 4.05. The number of likely N-dealkylation sites (tertiary alicyclic amines) is 1. The molecule has 0 saturated carbocycles. The average molecular weight is 361 g/mol. The van der Waals surface area contributed by atoms with E-state index in [9.17, 15) is 4.79 Å². The highest BCUT2D eigenvalue weighted by molar-refractivity contribution is 6.46. The van der Waals surface area contributed by atoms with Crippen molar-refractivity contribution < 1.29 is 4.79 Å². The highest BCUT2D eigenvalue weighted by Gasteiger charge is 2.42. The fourth-order valence-electron chi connectivity index (χ4n) is 4.05. The second kappa shape index (κ2) is 6.93. The zero-order valence-corrected chi connectivity index (χ0v) is 16.4. The lowest BCUT2D eigenvalue weighted by atomic mass is 9.97. The molecule has 0 aliphatic carbocycles. The molecular formula is C23H27N3O. The number of piperidine rings is 1. The molecule has 0 radical (unpaired) electrons. The van der Waals surface area contributed by atoms with Gasteiger partial charge in [-0.3, -0.25) is 14.7 Å². The summed E-state index contributed by atoms with van der Waals surface area (Å²) < 4.78 is 0. The van der Waals surface area contributed by atoms with Crippen molar-refractivity contribution in [3.63, 3.8) is 0 Å². The number of aliphatic imine (C=N–C) groups is 1. The van der Waals surface area contributed by atoms with Crippen LogP contribution < -0.4 is 5.32 Å². The molecule has 1 fully saturated rings. The van der Waals surface area contributed by atoms with Crippen molar-refractivity contribution in [3.8, 4) is 0 Å². The van der Waals surface area contributed by atoms with Gasteiger partial charge in [-0.25, -0.2) is 0 Å². The summed E-state index contributed by atoms with van der Waals surface area (Å²) in [6.07, 6.45) is 1.72. The molecule has 2 aromatic rings. The first-order valence-corrected chi connectivity index (χ1v) is 9.72. The van der Waals surface area contributed by atoms with Crippen LogP contribution in [0, 0.1) is 20.8 Å². The largest absolute Gasteiger partial charge is 0.326 e. The smallest absolute Gasteiger partial charge is 0.272 e. The van der Waals surface area contributed by atoms with E-state index in [1.54, 1.807) is 0 Å². The molecule has 0 unspecified atom stereocenters. The van der Waals surface area contributed by atoms with Crippen molar-refractivity contribution in [2.24, 2.45) is 4.99 Å². The van der Waals surface area contributed by atoms with Gasteiger partial charge in [0.25, 0.3) is 5.91 Å². The standard InChI is InChI=1S/C23H27N3O/c1-16-4-7-19(8-5-16)21-22(27)25-23(24-21)10-12-26(13-11-23)15-20-9-6-17(2)14-18(20)3/h4-9,14H,10-13,15H2,1-3H3,(H,25,27). The molecule has 2 heterocycles. The Morgan fingerprint density at radius 1 is 1.00 bits per heavy atom. The molecule has 27 heavy (non-hydrogen) atoms. The number of benzene rings is 2. The van der Waals surface area contributed by atoms with Crippen molar-refractivity contribution in [1.29, 1.82) is 0 Å². The average Bonchev–Trinajstić information content (AvgIpc) is 2.96. The molecule has 2 aliphatic heterocycles. The Bertz CT molecular complexity index is 890. The van der Waals surface area contributed by atoms with Gasteiger partial charge >= 0.3 is 0 Å². The van der Waals surface area contributed by atoms with Crippen LogP contribution in [0.5, 0.6) is 0 Å². The molecule has 140 valence electrons. The Kier molecular flexibility index (Phi) is 4.60. The molecule has 2 aliphatic rings. The fraction of sp³-hybridized carbons (Fsp3) is 0.391. The molecular weight excluding hydrogens is 334 g/mol. The number of nitrogens with one attached hydrogen (secondary N) is 1. The lowest BCUT2D eigenvalue weighted by Gasteiger charge is -2.37. The molecule has 4 rings (SSSR count). The Morgan fingerprint density at radius 2 is 1.67 bits per heavy atom. The first-order valence-electron chi connectivity index (χ1n) is 9.72. The van der Waals surface area contributed by atoms with Gasteiger partial charge in [-0.2, -0.15) is 0 Å². The summed E-state index contributed by atoms with van der Waals surface area (Å²) in [5.41, 5.74) is 6.30. The quantitative estimate of drug-likeness (QED) is 0.909. The SMILES string of the molecule is Cc1ccc(C2=NC3(CCN(Cc4ccc(C)cc4C)CC3)NC2=O)cc1. The number of carbonyl (C=O) groups excluding carboxylic acids is 1. The van der Waals surface area contributed by atoms with Crippen LogP contribution in [0.15, 0.2) is 47.5 Å². The summed E-state index contributed by atoms with van der Waals surface area (Å²) in [6, 6.07) is 14.7. The van der Waals surface area contributed by atoms with Gasteiger partial charge in [0.05, 0.1) is 0 Å². The molecule has 0 aromatic heterocycles. The van der Waals surface area contributed by atoms with Crippen LogP contribution in [0.1, 0.15) is 40.7 Å². The first kappa shape index (κ1) is 17.9. The van der Waals surface area contributed by atoms with E-state index < -0.39 is 5.66 Å². The summed E-state index contributed by atoms with van der Waals surface area (Å²) >= 11 is 0. The number of hydrogen-bond acceptors (Lipinski definition) is 3. The lowest BCUT2D eigenvalue weighted by molar-refractivity contribution is -0.115. The predicted molar refractivity (Wildman–Crippen MR) is 109 cm³/mol. The molecule has 0 atom stereocenters. The van der Waals surface area contributed by atoms with Gasteiger partial charge in [0.15, 0.2) is 0 Å². The monoisotopic (exact) mass is 361 g/mol. The zero-order chi connectivity index (χ0) is 19.0. The van der Waals surface area contributed by atoms with E-state index in [2.05, 4.69) is 42.3 Å². The summed E-state index contributed by atoms with van der Waals surface area (Å²) in [6.45, 7) is 9.21. The predicted octanol–water partition coefficient (Wildman–Crippen LogP) is 3.52. The van der Waals surface area contributed by atoms with Crippen LogP contribution in [-0.4, -0.2) is 35.3 Å². The van der Waals surface area contributed by atoms with Crippen molar-refractivity contribution in [2.45, 2.75) is 45.8 Å². The number of carbonyl (C=O) groups is 1. The maximum absolute atomic E-state index is 12.5. The third-order valence-corrected chi connectivity index (χ3v) is 5.79. The molecule has 1 saturated heterocycles. The molecule has 1 amide bonds. The minimum absolute atomic E-state index is 0.0401. The van der Waals surface area contributed by atoms with E-state index in [0.717, 1.165) is 38.0 Å². The normalized spacial score (nSPS) is 19.2. The number of aryl methyl sites for hydroxylation is 3. The number of rotatable bonds is 3. The topological polar surface area (TPSA) is 44.7 Å². The third kappa shape index (κ3) is 3.67. The lowest BCUT2D eigenvalue weighted by Crippen LogP contribution is -2.50. The molecule has 4 nitrogen and oxygen atoms in total. The van der Waals surface area contributed by atoms with Gasteiger partial charge in [-0.15, -0.1) is 0 Å². The van der Waals surface area contributed by atoms with Crippen molar-refractivity contribution in [3.05, 3.63) is 70.3 Å². The van der Waals surface area contributed by atoms with Gasteiger partial charge in [0.2, 0.25) is 0 Å². The van der Waals surface area contributed by atoms with Gasteiger partial charge < -0.3 is 5.32 Å². The van der Waals surface area contributed by atoms with Gasteiger partial charge in [0.1, 0.15) is 11.4 Å². The van der Waals surface area contributed by atoms with Crippen molar-refractivity contribution >= 4 is 11.6 Å². The van der Waals surface area contributed by atoms with Crippen LogP contribution in [0.3, 0.4) is 0 Å². The van der Waals surface area contributed by atoms with Gasteiger partial charge in [0, 0.05) is 38.0 Å². The van der Waals surface area contributed by atoms with Crippen LogP contribution in [-0.2, 0) is 11.3 Å². The molecule has 1 N–H and O–H groups in total. The van der Waals surface area contributed by atoms with Crippen LogP contribution in [0.2, 0.25) is 0 Å². The summed E-state index contributed by atoms with van der Waals surface area (Å²) in [5.74, 6) is -0.0401. The first-order chi connectivity index (χ1) is 12.9. The van der Waals surface area contributed by atoms with E-state index in [0.29, 0.717) is 5.71 Å².